The minimum absolute atomic E-state index is 0. The van der Waals surface area contributed by atoms with Gasteiger partial charge < -0.3 is 4.98 Å². The summed E-state index contributed by atoms with van der Waals surface area (Å²) in [4.78, 5) is 3.76. The van der Waals surface area contributed by atoms with Crippen LogP contribution in [0.25, 0.3) is 0 Å². The van der Waals surface area contributed by atoms with Crippen molar-refractivity contribution in [3.05, 3.63) is 30.1 Å². The molecule has 0 aliphatic rings. The van der Waals surface area contributed by atoms with Gasteiger partial charge in [0.25, 0.3) is 0 Å². The minimum Gasteiger partial charge on any atom is -0.394 e. The standard InChI is InChI=1S/C6H6N.V/c1-6-3-2-4-7-5-6;/h2-3,5H,1H3;/q-1;. The molecule has 8 heavy (non-hydrogen) atoms. The Labute approximate surface area is 61.0 Å². The van der Waals surface area contributed by atoms with Crippen LogP contribution in [0.1, 0.15) is 5.56 Å². The van der Waals surface area contributed by atoms with Crippen molar-refractivity contribution in [3.63, 3.8) is 0 Å². The fourth-order valence-corrected chi connectivity index (χ4v) is 0.394. The third-order valence-corrected chi connectivity index (χ3v) is 0.763. The van der Waals surface area contributed by atoms with Crippen LogP contribution in [0, 0.1) is 13.1 Å². The summed E-state index contributed by atoms with van der Waals surface area (Å²) in [7, 11) is 0. The number of aromatic nitrogens is 1. The molecule has 1 aromatic rings. The fraction of sp³-hybridized carbons (Fsp3) is 0.167. The van der Waals surface area contributed by atoms with E-state index in [1.54, 1.807) is 12.3 Å². The number of rotatable bonds is 0. The van der Waals surface area contributed by atoms with Crippen molar-refractivity contribution in [3.8, 4) is 0 Å². The summed E-state index contributed by atoms with van der Waals surface area (Å²) in [5.74, 6) is 0. The molecule has 0 spiro atoms. The maximum absolute atomic E-state index is 3.76. The number of pyridine rings is 1. The first kappa shape index (κ1) is 7.73. The molecule has 0 atom stereocenters. The van der Waals surface area contributed by atoms with Crippen molar-refractivity contribution in [1.82, 2.24) is 4.98 Å². The number of aryl methyl sites for hydroxylation is 1. The van der Waals surface area contributed by atoms with Gasteiger partial charge in [0, 0.05) is 18.6 Å². The predicted molar refractivity (Wildman–Crippen MR) is 27.8 cm³/mol. The van der Waals surface area contributed by atoms with Crippen molar-refractivity contribution in [1.29, 1.82) is 0 Å². The van der Waals surface area contributed by atoms with E-state index in [4.69, 9.17) is 0 Å². The summed E-state index contributed by atoms with van der Waals surface area (Å²) in [5.41, 5.74) is 1.18. The van der Waals surface area contributed by atoms with Gasteiger partial charge in [-0.2, -0.15) is 12.1 Å². The molecule has 1 aromatic heterocycles. The van der Waals surface area contributed by atoms with Gasteiger partial charge in [0.2, 0.25) is 0 Å². The van der Waals surface area contributed by atoms with Gasteiger partial charge >= 0.3 is 0 Å². The maximum atomic E-state index is 3.76. The summed E-state index contributed by atoms with van der Waals surface area (Å²) in [6, 6.07) is 3.77. The molecule has 41 valence electrons. The van der Waals surface area contributed by atoms with Crippen LogP contribution in [0.4, 0.5) is 0 Å². The summed E-state index contributed by atoms with van der Waals surface area (Å²) < 4.78 is 0. The first-order chi connectivity index (χ1) is 3.39. The van der Waals surface area contributed by atoms with Crippen molar-refractivity contribution in [2.75, 3.05) is 0 Å². The number of hydrogen-bond acceptors (Lipinski definition) is 1. The van der Waals surface area contributed by atoms with E-state index in [0.29, 0.717) is 0 Å². The summed E-state index contributed by atoms with van der Waals surface area (Å²) in [6.45, 7) is 2.00. The first-order valence-electron chi connectivity index (χ1n) is 2.18. The van der Waals surface area contributed by atoms with Gasteiger partial charge in [-0.1, -0.05) is 19.3 Å². The molecule has 0 N–H and O–H groups in total. The molecule has 1 radical (unpaired) electrons. The third kappa shape index (κ3) is 2.15. The molecule has 0 aromatic carbocycles. The van der Waals surface area contributed by atoms with Crippen LogP contribution in [0.2, 0.25) is 0 Å². The second kappa shape index (κ2) is 3.70. The van der Waals surface area contributed by atoms with E-state index < -0.39 is 0 Å². The molecule has 0 saturated carbocycles. The van der Waals surface area contributed by atoms with E-state index in [1.165, 1.54) is 5.56 Å². The van der Waals surface area contributed by atoms with Crippen LogP contribution in [-0.4, -0.2) is 4.98 Å². The quantitative estimate of drug-likeness (QED) is 0.497. The van der Waals surface area contributed by atoms with E-state index >= 15 is 0 Å². The van der Waals surface area contributed by atoms with Crippen LogP contribution in [0.15, 0.2) is 18.3 Å². The fourth-order valence-electron chi connectivity index (χ4n) is 0.394. The molecule has 0 unspecified atom stereocenters. The van der Waals surface area contributed by atoms with E-state index in [2.05, 4.69) is 11.2 Å². The van der Waals surface area contributed by atoms with E-state index in [0.717, 1.165) is 0 Å². The molecule has 1 nitrogen and oxygen atoms in total. The van der Waals surface area contributed by atoms with Crippen LogP contribution in [0.5, 0.6) is 0 Å². The van der Waals surface area contributed by atoms with Crippen molar-refractivity contribution in [2.45, 2.75) is 6.92 Å². The Kier molecular flexibility index (Phi) is 3.58. The van der Waals surface area contributed by atoms with Gasteiger partial charge in [-0.3, -0.25) is 0 Å². The largest absolute Gasteiger partial charge is 0.394 e. The summed E-state index contributed by atoms with van der Waals surface area (Å²) in [5, 5.41) is 0. The Morgan fingerprint density at radius 3 is 2.62 bits per heavy atom. The van der Waals surface area contributed by atoms with Gasteiger partial charge in [-0.25, -0.2) is 0 Å². The monoisotopic (exact) mass is 143 g/mol. The number of nitrogens with zero attached hydrogens (tertiary/aromatic N) is 1. The van der Waals surface area contributed by atoms with Gasteiger partial charge in [-0.15, -0.1) is 5.56 Å². The average molecular weight is 143 g/mol. The first-order valence-corrected chi connectivity index (χ1v) is 2.18. The van der Waals surface area contributed by atoms with Crippen LogP contribution >= 0.6 is 0 Å². The van der Waals surface area contributed by atoms with Crippen LogP contribution < -0.4 is 0 Å². The minimum atomic E-state index is 0. The molecule has 0 aliphatic heterocycles. The SMILES string of the molecule is Cc1cc[c-]nc1.[V]. The average Bonchev–Trinajstić information content (AvgIpc) is 1.69. The Morgan fingerprint density at radius 1 is 1.62 bits per heavy atom. The maximum Gasteiger partial charge on any atom is 0 e. The van der Waals surface area contributed by atoms with E-state index in [9.17, 15) is 0 Å². The Hall–Kier alpha value is -0.266. The molecule has 1 heterocycles. The van der Waals surface area contributed by atoms with Gasteiger partial charge in [0.05, 0.1) is 0 Å². The Balaban J connectivity index is 0.000000490. The van der Waals surface area contributed by atoms with Crippen molar-refractivity contribution >= 4 is 0 Å². The number of hydrogen-bond donors (Lipinski definition) is 0. The molecular weight excluding hydrogens is 137 g/mol. The third-order valence-electron chi connectivity index (χ3n) is 0.763. The molecule has 0 amide bonds. The molecule has 2 heteroatoms. The zero-order chi connectivity index (χ0) is 5.11. The summed E-state index contributed by atoms with van der Waals surface area (Å²) in [6.07, 6.45) is 4.46. The van der Waals surface area contributed by atoms with Gasteiger partial charge in [0.1, 0.15) is 0 Å². The Bertz CT molecular complexity index is 138. The summed E-state index contributed by atoms with van der Waals surface area (Å²) >= 11 is 0. The molecule has 0 fully saturated rings. The van der Waals surface area contributed by atoms with Crippen LogP contribution in [0.3, 0.4) is 0 Å². The normalized spacial score (nSPS) is 7.62. The second-order valence-electron chi connectivity index (χ2n) is 1.46. The van der Waals surface area contributed by atoms with Gasteiger partial charge in [0.15, 0.2) is 0 Å². The topological polar surface area (TPSA) is 12.9 Å². The van der Waals surface area contributed by atoms with E-state index in [-0.39, 0.29) is 18.6 Å². The Morgan fingerprint density at radius 2 is 2.38 bits per heavy atom. The molecule has 0 saturated heterocycles. The predicted octanol–water partition coefficient (Wildman–Crippen LogP) is 1.19. The van der Waals surface area contributed by atoms with Crippen LogP contribution in [-0.2, 0) is 18.6 Å². The smallest absolute Gasteiger partial charge is 0 e. The molecule has 0 aliphatic carbocycles. The second-order valence-corrected chi connectivity index (χ2v) is 1.46. The van der Waals surface area contributed by atoms with Crippen molar-refractivity contribution in [2.24, 2.45) is 0 Å². The van der Waals surface area contributed by atoms with Crippen molar-refractivity contribution < 1.29 is 18.6 Å². The zero-order valence-electron chi connectivity index (χ0n) is 4.63. The molecule has 1 rings (SSSR count). The molecular formula is C6H6NV-. The van der Waals surface area contributed by atoms with Gasteiger partial charge in [-0.05, 0) is 0 Å². The molecule has 0 bridgehead atoms. The zero-order valence-corrected chi connectivity index (χ0v) is 6.02. The van der Waals surface area contributed by atoms with E-state index in [1.807, 2.05) is 13.0 Å².